The van der Waals surface area contributed by atoms with Crippen LogP contribution in [0.2, 0.25) is 0 Å². The number of aryl methyl sites for hydroxylation is 1. The fraction of sp³-hybridized carbons (Fsp3) is 0.280. The van der Waals surface area contributed by atoms with Crippen LogP contribution in [0.25, 0.3) is 0 Å². The molecule has 1 aliphatic rings. The van der Waals surface area contributed by atoms with Gasteiger partial charge < -0.3 is 4.90 Å². The van der Waals surface area contributed by atoms with Gasteiger partial charge in [-0.15, -0.1) is 0 Å². The highest BCUT2D eigenvalue weighted by molar-refractivity contribution is 7.89. The van der Waals surface area contributed by atoms with Gasteiger partial charge in [0, 0.05) is 5.69 Å². The minimum atomic E-state index is -1.42. The SMILES string of the molecule is Cc1ccc(N2[C@H](C)C[P+](c3ccccc3)(c3ccccc3)C[C@@H]2C)cc1. The third-order valence-electron chi connectivity index (χ3n) is 5.93. The Bertz CT molecular complexity index is 820. The van der Waals surface area contributed by atoms with E-state index in [1.165, 1.54) is 23.6 Å². The van der Waals surface area contributed by atoms with Crippen molar-refractivity contribution in [3.05, 3.63) is 90.5 Å². The molecular weight excluding hydrogens is 345 g/mol. The molecule has 3 aromatic carbocycles. The van der Waals surface area contributed by atoms with Crippen LogP contribution in [0.5, 0.6) is 0 Å². The smallest absolute Gasteiger partial charge is 0.0993 e. The second kappa shape index (κ2) is 7.49. The number of hydrogen-bond acceptors (Lipinski definition) is 1. The zero-order chi connectivity index (χ0) is 18.9. The van der Waals surface area contributed by atoms with Gasteiger partial charge in [0.1, 0.15) is 0 Å². The van der Waals surface area contributed by atoms with Crippen LogP contribution in [0, 0.1) is 6.92 Å². The van der Waals surface area contributed by atoms with Crippen molar-refractivity contribution in [2.24, 2.45) is 0 Å². The first-order chi connectivity index (χ1) is 13.1. The van der Waals surface area contributed by atoms with Gasteiger partial charge >= 0.3 is 0 Å². The average molecular weight is 374 g/mol. The van der Waals surface area contributed by atoms with Crippen LogP contribution in [-0.2, 0) is 0 Å². The number of rotatable bonds is 3. The molecule has 0 unspecified atom stereocenters. The van der Waals surface area contributed by atoms with Gasteiger partial charge in [-0.2, -0.15) is 0 Å². The summed E-state index contributed by atoms with van der Waals surface area (Å²) in [6, 6.07) is 32.7. The molecule has 0 bridgehead atoms. The lowest BCUT2D eigenvalue weighted by Crippen LogP contribution is -2.53. The van der Waals surface area contributed by atoms with E-state index in [1.807, 2.05) is 0 Å². The van der Waals surface area contributed by atoms with Crippen molar-refractivity contribution in [2.45, 2.75) is 32.9 Å². The maximum absolute atomic E-state index is 2.64. The van der Waals surface area contributed by atoms with E-state index in [9.17, 15) is 0 Å². The second-order valence-electron chi connectivity index (χ2n) is 7.94. The molecule has 1 aliphatic heterocycles. The van der Waals surface area contributed by atoms with Gasteiger partial charge in [0.25, 0.3) is 0 Å². The van der Waals surface area contributed by atoms with Crippen LogP contribution in [0.15, 0.2) is 84.9 Å². The topological polar surface area (TPSA) is 3.24 Å². The first-order valence-corrected chi connectivity index (χ1v) is 12.1. The summed E-state index contributed by atoms with van der Waals surface area (Å²) in [5.41, 5.74) is 2.69. The van der Waals surface area contributed by atoms with Crippen LogP contribution >= 0.6 is 7.26 Å². The Morgan fingerprint density at radius 1 is 0.667 bits per heavy atom. The first kappa shape index (κ1) is 18.3. The Kier molecular flexibility index (Phi) is 5.06. The molecule has 0 aromatic heterocycles. The standard InChI is InChI=1S/C25H29NP/c1-20-14-16-23(17-15-20)26-21(2)18-27(19-22(26)3,24-10-6-4-7-11-24)25-12-8-5-9-13-25/h4-17,21-22H,18-19H2,1-3H3/q+1/t21-,22+. The normalized spacial score (nSPS) is 21.8. The lowest BCUT2D eigenvalue weighted by molar-refractivity contribution is 0.594. The quantitative estimate of drug-likeness (QED) is 0.565. The molecule has 4 rings (SSSR count). The molecule has 1 saturated heterocycles. The van der Waals surface area contributed by atoms with Gasteiger partial charge in [-0.1, -0.05) is 54.1 Å². The van der Waals surface area contributed by atoms with Crippen LogP contribution in [-0.4, -0.2) is 24.4 Å². The Hall–Kier alpha value is -2.11. The molecule has 0 saturated carbocycles. The molecule has 0 radical (unpaired) electrons. The van der Waals surface area contributed by atoms with Crippen molar-refractivity contribution >= 4 is 23.6 Å². The Balaban J connectivity index is 1.76. The summed E-state index contributed by atoms with van der Waals surface area (Å²) in [4.78, 5) is 2.64. The number of benzene rings is 3. The second-order valence-corrected chi connectivity index (χ2v) is 11.6. The number of hydrogen-bond donors (Lipinski definition) is 0. The summed E-state index contributed by atoms with van der Waals surface area (Å²) in [7, 11) is -1.42. The van der Waals surface area contributed by atoms with Gasteiger partial charge in [0.2, 0.25) is 0 Å². The predicted molar refractivity (Wildman–Crippen MR) is 121 cm³/mol. The number of nitrogens with zero attached hydrogens (tertiary/aromatic N) is 1. The van der Waals surface area contributed by atoms with E-state index in [-0.39, 0.29) is 0 Å². The fourth-order valence-electron chi connectivity index (χ4n) is 4.81. The molecule has 2 heteroatoms. The molecule has 1 fully saturated rings. The molecule has 0 spiro atoms. The molecule has 1 nitrogen and oxygen atoms in total. The summed E-state index contributed by atoms with van der Waals surface area (Å²) in [5.74, 6) is 0. The van der Waals surface area contributed by atoms with Gasteiger partial charge in [-0.05, 0) is 57.2 Å². The maximum atomic E-state index is 2.64. The van der Waals surface area contributed by atoms with Crippen molar-refractivity contribution in [3.63, 3.8) is 0 Å². The monoisotopic (exact) mass is 374 g/mol. The predicted octanol–water partition coefficient (Wildman–Crippen LogP) is 5.26. The molecule has 27 heavy (non-hydrogen) atoms. The lowest BCUT2D eigenvalue weighted by atomic mass is 10.1. The van der Waals surface area contributed by atoms with Crippen LogP contribution in [0.4, 0.5) is 5.69 Å². The van der Waals surface area contributed by atoms with Crippen molar-refractivity contribution in [3.8, 4) is 0 Å². The van der Waals surface area contributed by atoms with Gasteiger partial charge in [0.15, 0.2) is 0 Å². The summed E-state index contributed by atoms with van der Waals surface area (Å²) in [6.45, 7) is 6.99. The van der Waals surface area contributed by atoms with Crippen molar-refractivity contribution in [1.82, 2.24) is 0 Å². The van der Waals surface area contributed by atoms with Crippen molar-refractivity contribution < 1.29 is 0 Å². The van der Waals surface area contributed by atoms with E-state index in [4.69, 9.17) is 0 Å². The zero-order valence-corrected chi connectivity index (χ0v) is 17.4. The summed E-state index contributed by atoms with van der Waals surface area (Å²) >= 11 is 0. The van der Waals surface area contributed by atoms with E-state index in [0.29, 0.717) is 12.1 Å². The fourth-order valence-corrected chi connectivity index (χ4v) is 9.74. The van der Waals surface area contributed by atoms with E-state index in [1.54, 1.807) is 10.6 Å². The third kappa shape index (κ3) is 3.42. The third-order valence-corrected chi connectivity index (χ3v) is 10.8. The van der Waals surface area contributed by atoms with E-state index in [0.717, 1.165) is 0 Å². The highest BCUT2D eigenvalue weighted by atomic mass is 31.2. The van der Waals surface area contributed by atoms with Crippen molar-refractivity contribution in [1.29, 1.82) is 0 Å². The molecule has 1 heterocycles. The van der Waals surface area contributed by atoms with Crippen molar-refractivity contribution in [2.75, 3.05) is 17.2 Å². The highest BCUT2D eigenvalue weighted by Gasteiger charge is 2.50. The molecule has 0 aliphatic carbocycles. The van der Waals surface area contributed by atoms with Gasteiger partial charge in [-0.25, -0.2) is 0 Å². The Morgan fingerprint density at radius 3 is 1.56 bits per heavy atom. The number of anilines is 1. The minimum absolute atomic E-state index is 0.519. The lowest BCUT2D eigenvalue weighted by Gasteiger charge is -2.46. The molecule has 0 amide bonds. The first-order valence-electron chi connectivity index (χ1n) is 9.93. The Morgan fingerprint density at radius 2 is 1.11 bits per heavy atom. The van der Waals surface area contributed by atoms with Crippen LogP contribution in [0.1, 0.15) is 19.4 Å². The summed E-state index contributed by atoms with van der Waals surface area (Å²) in [6.07, 6.45) is 2.47. The summed E-state index contributed by atoms with van der Waals surface area (Å²) in [5, 5.41) is 3.11. The van der Waals surface area contributed by atoms with Crippen LogP contribution < -0.4 is 15.5 Å². The van der Waals surface area contributed by atoms with Gasteiger partial charge in [0.05, 0.1) is 42.3 Å². The summed E-state index contributed by atoms with van der Waals surface area (Å²) < 4.78 is 0. The largest absolute Gasteiger partial charge is 0.359 e. The zero-order valence-electron chi connectivity index (χ0n) is 16.5. The van der Waals surface area contributed by atoms with E-state index in [2.05, 4.69) is 111 Å². The molecular formula is C25H29NP+. The van der Waals surface area contributed by atoms with Gasteiger partial charge in [-0.3, -0.25) is 0 Å². The van der Waals surface area contributed by atoms with Crippen LogP contribution in [0.3, 0.4) is 0 Å². The molecule has 2 atom stereocenters. The average Bonchev–Trinajstić information content (AvgIpc) is 2.70. The van der Waals surface area contributed by atoms with E-state index >= 15 is 0 Å². The van der Waals surface area contributed by atoms with E-state index < -0.39 is 7.26 Å². The molecule has 3 aromatic rings. The molecule has 138 valence electrons. The molecule has 0 N–H and O–H groups in total. The minimum Gasteiger partial charge on any atom is -0.359 e. The highest BCUT2D eigenvalue weighted by Crippen LogP contribution is 2.60. The maximum Gasteiger partial charge on any atom is 0.0993 e. The Labute approximate surface area is 164 Å².